The fraction of sp³-hybridized carbons (Fsp3) is 0.130. The highest BCUT2D eigenvalue weighted by Gasteiger charge is 2.42. The van der Waals surface area contributed by atoms with Crippen molar-refractivity contribution < 1.29 is 32.0 Å². The highest BCUT2D eigenvalue weighted by Crippen LogP contribution is 2.59. The first kappa shape index (κ1) is 25.9. The number of hydrogen-bond acceptors (Lipinski definition) is 9. The third kappa shape index (κ3) is 5.35. The second-order valence-corrected chi connectivity index (χ2v) is 12.7. The highest BCUT2D eigenvalue weighted by molar-refractivity contribution is 8.30. The molecule has 0 N–H and O–H groups in total. The van der Waals surface area contributed by atoms with Crippen LogP contribution in [0.25, 0.3) is 11.1 Å². The van der Waals surface area contributed by atoms with Gasteiger partial charge in [0.1, 0.15) is 22.3 Å². The van der Waals surface area contributed by atoms with E-state index in [9.17, 15) is 38.1 Å². The Hall–Kier alpha value is -4.14. The van der Waals surface area contributed by atoms with Crippen LogP contribution in [0.5, 0.6) is 0 Å². The fourth-order valence-electron chi connectivity index (χ4n) is 4.11. The van der Waals surface area contributed by atoms with Gasteiger partial charge < -0.3 is 4.55 Å². The number of nitro groups is 2. The molecule has 12 nitrogen and oxygen atoms in total. The largest absolute Gasteiger partial charge is 0.744 e. The molecule has 3 aromatic carbocycles. The van der Waals surface area contributed by atoms with Crippen LogP contribution in [0.1, 0.15) is 11.1 Å². The summed E-state index contributed by atoms with van der Waals surface area (Å²) in [6.07, 6.45) is 1.73. The van der Waals surface area contributed by atoms with Crippen LogP contribution in [0.2, 0.25) is 0 Å². The lowest BCUT2D eigenvalue weighted by molar-refractivity contribution is -0.696. The molecule has 0 radical (unpaired) electrons. The Labute approximate surface area is 212 Å². The van der Waals surface area contributed by atoms with E-state index in [4.69, 9.17) is 4.28 Å². The zero-order valence-electron chi connectivity index (χ0n) is 19.2. The molecular weight excluding hydrogens is 526 g/mol. The first-order valence-corrected chi connectivity index (χ1v) is 14.3. The Morgan fingerprint density at radius 1 is 0.784 bits per heavy atom. The molecular formula is C23H19N3O9S2. The zero-order valence-corrected chi connectivity index (χ0v) is 20.8. The van der Waals surface area contributed by atoms with Gasteiger partial charge in [0.15, 0.2) is 0 Å². The topological polar surface area (TPSA) is 173 Å². The molecule has 0 bridgehead atoms. The predicted molar refractivity (Wildman–Crippen MR) is 135 cm³/mol. The molecule has 1 aliphatic rings. The molecule has 0 atom stereocenters. The van der Waals surface area contributed by atoms with Gasteiger partial charge in [0.05, 0.1) is 14.8 Å². The van der Waals surface area contributed by atoms with Gasteiger partial charge in [0.25, 0.3) is 4.92 Å². The maximum absolute atomic E-state index is 13.0. The summed E-state index contributed by atoms with van der Waals surface area (Å²) >= 11 is 0. The Morgan fingerprint density at radius 3 is 1.54 bits per heavy atom. The number of rotatable bonds is 8. The smallest absolute Gasteiger partial charge is 0.331 e. The van der Waals surface area contributed by atoms with Crippen molar-refractivity contribution in [1.82, 2.24) is 0 Å². The fourth-order valence-corrected chi connectivity index (χ4v) is 7.41. The van der Waals surface area contributed by atoms with E-state index in [1.807, 2.05) is 60.7 Å². The van der Waals surface area contributed by atoms with Gasteiger partial charge in [0.2, 0.25) is 4.90 Å². The van der Waals surface area contributed by atoms with Crippen molar-refractivity contribution in [3.63, 3.8) is 0 Å². The van der Waals surface area contributed by atoms with E-state index in [1.165, 1.54) is 0 Å². The van der Waals surface area contributed by atoms with Crippen LogP contribution in [-0.4, -0.2) is 45.5 Å². The van der Waals surface area contributed by atoms with Gasteiger partial charge in [-0.3, -0.25) is 20.2 Å². The molecule has 4 rings (SSSR count). The molecule has 14 heteroatoms. The summed E-state index contributed by atoms with van der Waals surface area (Å²) in [6.45, 7) is 0. The number of nitrogens with zero attached hydrogens (tertiary/aromatic N) is 3. The summed E-state index contributed by atoms with van der Waals surface area (Å²) in [7, 11) is -7.83. The van der Waals surface area contributed by atoms with E-state index < -0.39 is 52.2 Å². The lowest BCUT2D eigenvalue weighted by Gasteiger charge is -2.23. The first-order chi connectivity index (χ1) is 17.4. The molecule has 0 saturated heterocycles. The molecule has 1 heterocycles. The minimum Gasteiger partial charge on any atom is -0.744 e. The minimum absolute atomic E-state index is 0.0902. The lowest BCUT2D eigenvalue weighted by atomic mass is 9.97. The maximum atomic E-state index is 13.0. The molecule has 1 aliphatic heterocycles. The van der Waals surface area contributed by atoms with Crippen molar-refractivity contribution in [3.8, 4) is 0 Å². The lowest BCUT2D eigenvalue weighted by Crippen LogP contribution is -2.14. The Balaban J connectivity index is 1.73. The molecule has 0 spiro atoms. The quantitative estimate of drug-likeness (QED) is 0.220. The molecule has 0 unspecified atom stereocenters. The summed E-state index contributed by atoms with van der Waals surface area (Å²) in [6, 6.07) is 19.9. The molecule has 0 fully saturated rings. The summed E-state index contributed by atoms with van der Waals surface area (Å²) in [4.78, 5) is 31.6. The summed E-state index contributed by atoms with van der Waals surface area (Å²) in [5.41, 5.74) is 0.287. The predicted octanol–water partition coefficient (Wildman–Crippen LogP) is 4.72. The summed E-state index contributed by atoms with van der Waals surface area (Å²) in [5.74, 6) is 0.689. The maximum Gasteiger partial charge on any atom is 0.331 e. The van der Waals surface area contributed by atoms with Crippen LogP contribution in [0.15, 0.2) is 77.7 Å². The second-order valence-electron chi connectivity index (χ2n) is 8.27. The Bertz CT molecular complexity index is 1470. The van der Waals surface area contributed by atoms with Crippen molar-refractivity contribution in [2.24, 2.45) is 0 Å². The number of hydrogen-bond donors (Lipinski definition) is 0. The third-order valence-corrected chi connectivity index (χ3v) is 8.86. The van der Waals surface area contributed by atoms with E-state index in [2.05, 4.69) is 0 Å². The van der Waals surface area contributed by atoms with Crippen LogP contribution in [-0.2, 0) is 14.4 Å². The van der Waals surface area contributed by atoms with E-state index in [-0.39, 0.29) is 4.92 Å². The second kappa shape index (κ2) is 9.72. The molecule has 3 aromatic rings. The average molecular weight is 546 g/mol. The Morgan fingerprint density at radius 2 is 1.19 bits per heavy atom. The molecule has 0 aromatic heterocycles. The average Bonchev–Trinajstić information content (AvgIpc) is 3.20. The molecule has 37 heavy (non-hydrogen) atoms. The van der Waals surface area contributed by atoms with Gasteiger partial charge >= 0.3 is 17.1 Å². The molecule has 0 aliphatic carbocycles. The minimum atomic E-state index is -5.60. The number of benzene rings is 3. The van der Waals surface area contributed by atoms with Crippen LogP contribution in [0.4, 0.5) is 17.1 Å². The zero-order chi connectivity index (χ0) is 27.0. The van der Waals surface area contributed by atoms with Gasteiger partial charge in [0, 0.05) is 17.8 Å². The van der Waals surface area contributed by atoms with E-state index in [0.717, 1.165) is 22.3 Å². The molecule has 192 valence electrons. The van der Waals surface area contributed by atoms with E-state index in [0.29, 0.717) is 23.6 Å². The van der Waals surface area contributed by atoms with Gasteiger partial charge in [-0.05, 0) is 32.6 Å². The van der Waals surface area contributed by atoms with Crippen molar-refractivity contribution in [2.75, 3.05) is 17.8 Å². The van der Waals surface area contributed by atoms with Crippen molar-refractivity contribution in [3.05, 3.63) is 109 Å². The third-order valence-electron chi connectivity index (χ3n) is 5.64. The van der Waals surface area contributed by atoms with Crippen LogP contribution >= 0.6 is 10.3 Å². The van der Waals surface area contributed by atoms with Gasteiger partial charge in [-0.25, -0.2) is 8.42 Å². The Kier molecular flexibility index (Phi) is 6.82. The van der Waals surface area contributed by atoms with Crippen molar-refractivity contribution >= 4 is 48.6 Å². The summed E-state index contributed by atoms with van der Waals surface area (Å²) < 4.78 is 40.4. The summed E-state index contributed by atoms with van der Waals surface area (Å²) in [5, 5.41) is 22.9. The SMILES string of the molecule is CS1(O[N+](=O)c2cc([N+](=O)[O-])c(S(=O)(=O)[O-])c([N+](=O)[O-])c2)CC(c2ccccc2)=C(c2ccccc2)C1. The standard InChI is InChI=1S/C23H19N3O9S2/c1-36(14-19(16-8-4-2-5-9-16)20(15-36)17-10-6-3-7-11-17)35-26(31)18-12-21(24(27)28)23(37(32,33)34)22(13-18)25(29)30/h2-13H,14-15H2,1H3. The molecule has 0 saturated carbocycles. The normalized spacial score (nSPS) is 15.7. The van der Waals surface area contributed by atoms with E-state index in [1.54, 1.807) is 6.26 Å². The van der Waals surface area contributed by atoms with Crippen LogP contribution < -0.4 is 0 Å². The van der Waals surface area contributed by atoms with Gasteiger partial charge in [-0.2, -0.15) is 4.28 Å². The van der Waals surface area contributed by atoms with Gasteiger partial charge in [-0.15, -0.1) is 0 Å². The van der Waals surface area contributed by atoms with Gasteiger partial charge in [-0.1, -0.05) is 60.7 Å². The monoisotopic (exact) mass is 545 g/mol. The van der Waals surface area contributed by atoms with Crippen LogP contribution in [0.3, 0.4) is 0 Å². The van der Waals surface area contributed by atoms with Crippen molar-refractivity contribution in [2.45, 2.75) is 4.90 Å². The van der Waals surface area contributed by atoms with Crippen molar-refractivity contribution in [1.29, 1.82) is 0 Å². The van der Waals surface area contributed by atoms with E-state index >= 15 is 0 Å². The number of nitro benzene ring substituents is 2. The first-order valence-electron chi connectivity index (χ1n) is 10.6. The highest BCUT2D eigenvalue weighted by atomic mass is 32.3. The molecule has 0 amide bonds. The van der Waals surface area contributed by atoms with Crippen LogP contribution in [0, 0.1) is 25.1 Å².